The molecule has 0 saturated heterocycles. The van der Waals surface area contributed by atoms with Crippen molar-refractivity contribution < 1.29 is 0 Å². The zero-order chi connectivity index (χ0) is 15.1. The van der Waals surface area contributed by atoms with Gasteiger partial charge in [0.05, 0.1) is 23.8 Å². The van der Waals surface area contributed by atoms with E-state index >= 15 is 0 Å². The number of nitrogens with two attached hydrogens (primary N) is 1. The number of benzene rings is 1. The van der Waals surface area contributed by atoms with E-state index < -0.39 is 0 Å². The molecule has 0 aliphatic heterocycles. The highest BCUT2D eigenvalue weighted by Crippen LogP contribution is 2.25. The number of aromatic nitrogens is 4. The van der Waals surface area contributed by atoms with E-state index in [-0.39, 0.29) is 0 Å². The molecule has 5 nitrogen and oxygen atoms in total. The van der Waals surface area contributed by atoms with E-state index in [1.165, 1.54) is 11.3 Å². The van der Waals surface area contributed by atoms with Gasteiger partial charge in [0.25, 0.3) is 0 Å². The fourth-order valence-corrected chi connectivity index (χ4v) is 2.64. The fraction of sp³-hybridized carbons (Fsp3) is 0.375. The van der Waals surface area contributed by atoms with Crippen LogP contribution in [0.1, 0.15) is 36.8 Å². The Kier molecular flexibility index (Phi) is 3.20. The number of nitrogen functional groups attached to an aromatic ring is 1. The van der Waals surface area contributed by atoms with Crippen molar-refractivity contribution in [2.24, 2.45) is 7.05 Å². The third-order valence-electron chi connectivity index (χ3n) is 3.98. The Morgan fingerprint density at radius 2 is 2.05 bits per heavy atom. The van der Waals surface area contributed by atoms with Crippen LogP contribution in [0.4, 0.5) is 5.69 Å². The second-order valence-electron chi connectivity index (χ2n) is 5.84. The maximum atomic E-state index is 5.88. The molecule has 1 aromatic carbocycles. The number of imidazole rings is 1. The van der Waals surface area contributed by atoms with Crippen LogP contribution >= 0.6 is 0 Å². The Bertz CT molecular complexity index is 794. The summed E-state index contributed by atoms with van der Waals surface area (Å²) in [7, 11) is 1.97. The van der Waals surface area contributed by atoms with Crippen molar-refractivity contribution >= 4 is 16.7 Å². The molecule has 2 N–H and O–H groups in total. The Hall–Kier alpha value is -2.30. The standard InChI is InChI=1S/C16H21N5/c1-10(2)16-19-14-7-13(17)5-6-15(14)21(16)9-12-8-18-20(4)11(12)3/h5-8,10H,9,17H2,1-4H3. The van der Waals surface area contributed by atoms with Crippen LogP contribution in [0, 0.1) is 6.92 Å². The van der Waals surface area contributed by atoms with Gasteiger partial charge < -0.3 is 10.3 Å². The first-order chi connectivity index (χ1) is 9.97. The van der Waals surface area contributed by atoms with E-state index in [0.717, 1.165) is 29.1 Å². The van der Waals surface area contributed by atoms with Crippen LogP contribution in [0.3, 0.4) is 0 Å². The van der Waals surface area contributed by atoms with E-state index in [4.69, 9.17) is 10.7 Å². The maximum absolute atomic E-state index is 5.88. The van der Waals surface area contributed by atoms with Gasteiger partial charge in [0.2, 0.25) is 0 Å². The highest BCUT2D eigenvalue weighted by Gasteiger charge is 2.15. The van der Waals surface area contributed by atoms with Gasteiger partial charge in [0, 0.05) is 29.9 Å². The monoisotopic (exact) mass is 283 g/mol. The van der Waals surface area contributed by atoms with Crippen LogP contribution in [0.25, 0.3) is 11.0 Å². The molecule has 110 valence electrons. The van der Waals surface area contributed by atoms with Gasteiger partial charge in [-0.15, -0.1) is 0 Å². The maximum Gasteiger partial charge on any atom is 0.112 e. The molecule has 0 saturated carbocycles. The van der Waals surface area contributed by atoms with E-state index in [1.54, 1.807) is 0 Å². The van der Waals surface area contributed by atoms with Crippen molar-refractivity contribution in [1.29, 1.82) is 0 Å². The number of rotatable bonds is 3. The minimum absolute atomic E-state index is 0.357. The van der Waals surface area contributed by atoms with Gasteiger partial charge in [-0.05, 0) is 25.1 Å². The molecule has 3 aromatic rings. The minimum atomic E-state index is 0.357. The van der Waals surface area contributed by atoms with Crippen molar-refractivity contribution in [2.75, 3.05) is 5.73 Å². The predicted octanol–water partition coefficient (Wildman–Crippen LogP) is 2.83. The first kappa shape index (κ1) is 13.7. The largest absolute Gasteiger partial charge is 0.399 e. The van der Waals surface area contributed by atoms with Crippen LogP contribution in [-0.4, -0.2) is 19.3 Å². The molecular formula is C16H21N5. The number of hydrogen-bond acceptors (Lipinski definition) is 3. The highest BCUT2D eigenvalue weighted by molar-refractivity contribution is 5.80. The van der Waals surface area contributed by atoms with Crippen molar-refractivity contribution in [1.82, 2.24) is 19.3 Å². The molecule has 3 rings (SSSR count). The average Bonchev–Trinajstić information content (AvgIpc) is 2.94. The second kappa shape index (κ2) is 4.91. The van der Waals surface area contributed by atoms with Crippen LogP contribution in [0.15, 0.2) is 24.4 Å². The minimum Gasteiger partial charge on any atom is -0.399 e. The van der Waals surface area contributed by atoms with Crippen molar-refractivity contribution in [3.05, 3.63) is 41.5 Å². The first-order valence-electron chi connectivity index (χ1n) is 7.20. The van der Waals surface area contributed by atoms with Crippen LogP contribution in [0.5, 0.6) is 0 Å². The van der Waals surface area contributed by atoms with Crippen LogP contribution in [0.2, 0.25) is 0 Å². The molecule has 0 amide bonds. The van der Waals surface area contributed by atoms with Crippen LogP contribution < -0.4 is 5.73 Å². The number of fused-ring (bicyclic) bond motifs is 1. The quantitative estimate of drug-likeness (QED) is 0.752. The molecule has 0 unspecified atom stereocenters. The number of aryl methyl sites for hydroxylation is 1. The predicted molar refractivity (Wildman–Crippen MR) is 85.3 cm³/mol. The number of anilines is 1. The normalized spacial score (nSPS) is 11.7. The first-order valence-corrected chi connectivity index (χ1v) is 7.20. The summed E-state index contributed by atoms with van der Waals surface area (Å²) in [5, 5.41) is 4.33. The molecule has 0 radical (unpaired) electrons. The molecule has 2 aromatic heterocycles. The van der Waals surface area contributed by atoms with Crippen molar-refractivity contribution in [3.63, 3.8) is 0 Å². The highest BCUT2D eigenvalue weighted by atomic mass is 15.3. The SMILES string of the molecule is Cc1c(Cn2c(C(C)C)nc3cc(N)ccc32)cnn1C. The van der Waals surface area contributed by atoms with Gasteiger partial charge in [-0.1, -0.05) is 13.8 Å². The Balaban J connectivity index is 2.15. The summed E-state index contributed by atoms with van der Waals surface area (Å²) in [5.74, 6) is 1.44. The molecule has 21 heavy (non-hydrogen) atoms. The molecule has 0 fully saturated rings. The lowest BCUT2D eigenvalue weighted by Gasteiger charge is -2.11. The summed E-state index contributed by atoms with van der Waals surface area (Å²) in [6.07, 6.45) is 1.93. The van der Waals surface area contributed by atoms with Gasteiger partial charge in [-0.3, -0.25) is 4.68 Å². The second-order valence-corrected chi connectivity index (χ2v) is 5.84. The molecule has 0 spiro atoms. The third-order valence-corrected chi connectivity index (χ3v) is 3.98. The Morgan fingerprint density at radius 1 is 1.29 bits per heavy atom. The van der Waals surface area contributed by atoms with Gasteiger partial charge in [-0.25, -0.2) is 4.98 Å². The van der Waals surface area contributed by atoms with Gasteiger partial charge in [0.15, 0.2) is 0 Å². The summed E-state index contributed by atoms with van der Waals surface area (Å²) < 4.78 is 4.17. The molecular weight excluding hydrogens is 262 g/mol. The number of hydrogen-bond donors (Lipinski definition) is 1. The Labute approximate surface area is 124 Å². The van der Waals surface area contributed by atoms with Crippen molar-refractivity contribution in [3.8, 4) is 0 Å². The molecule has 0 atom stereocenters. The van der Waals surface area contributed by atoms with E-state index in [2.05, 4.69) is 36.5 Å². The van der Waals surface area contributed by atoms with Crippen molar-refractivity contribution in [2.45, 2.75) is 33.2 Å². The van der Waals surface area contributed by atoms with Crippen LogP contribution in [-0.2, 0) is 13.6 Å². The number of nitrogens with zero attached hydrogens (tertiary/aromatic N) is 4. The lowest BCUT2D eigenvalue weighted by Crippen LogP contribution is -2.07. The van der Waals surface area contributed by atoms with E-state index in [0.29, 0.717) is 5.92 Å². The lowest BCUT2D eigenvalue weighted by atomic mass is 10.2. The molecule has 5 heteroatoms. The molecule has 2 heterocycles. The van der Waals surface area contributed by atoms with E-state index in [9.17, 15) is 0 Å². The third kappa shape index (κ3) is 2.28. The summed E-state index contributed by atoms with van der Waals surface area (Å²) >= 11 is 0. The summed E-state index contributed by atoms with van der Waals surface area (Å²) in [6.45, 7) is 7.20. The fourth-order valence-electron chi connectivity index (χ4n) is 2.64. The summed E-state index contributed by atoms with van der Waals surface area (Å²) in [4.78, 5) is 4.76. The molecule has 0 aliphatic rings. The van der Waals surface area contributed by atoms with Gasteiger partial charge in [-0.2, -0.15) is 5.10 Å². The topological polar surface area (TPSA) is 61.7 Å². The Morgan fingerprint density at radius 3 is 2.67 bits per heavy atom. The van der Waals surface area contributed by atoms with Gasteiger partial charge in [0.1, 0.15) is 5.82 Å². The molecule has 0 aliphatic carbocycles. The zero-order valence-corrected chi connectivity index (χ0v) is 13.0. The smallest absolute Gasteiger partial charge is 0.112 e. The lowest BCUT2D eigenvalue weighted by molar-refractivity contribution is 0.678. The molecule has 0 bridgehead atoms. The van der Waals surface area contributed by atoms with Gasteiger partial charge >= 0.3 is 0 Å². The van der Waals surface area contributed by atoms with E-state index in [1.807, 2.05) is 30.1 Å². The zero-order valence-electron chi connectivity index (χ0n) is 13.0. The summed E-state index contributed by atoms with van der Waals surface area (Å²) in [6, 6.07) is 5.92. The average molecular weight is 283 g/mol. The summed E-state index contributed by atoms with van der Waals surface area (Å²) in [5.41, 5.74) is 11.1.